The van der Waals surface area contributed by atoms with E-state index in [1.54, 1.807) is 7.11 Å². The van der Waals surface area contributed by atoms with Crippen molar-refractivity contribution in [1.29, 1.82) is 5.26 Å². The van der Waals surface area contributed by atoms with Gasteiger partial charge in [0.05, 0.1) is 25.9 Å². The van der Waals surface area contributed by atoms with Gasteiger partial charge in [-0.05, 0) is 11.1 Å². The van der Waals surface area contributed by atoms with Crippen molar-refractivity contribution in [2.75, 3.05) is 33.4 Å². The maximum Gasteiger partial charge on any atom is 0.124 e. The van der Waals surface area contributed by atoms with Crippen LogP contribution in [0, 0.1) is 11.3 Å². The highest BCUT2D eigenvalue weighted by Gasteiger charge is 2.23. The molecule has 1 atom stereocenters. The molecule has 0 amide bonds. The van der Waals surface area contributed by atoms with Crippen LogP contribution >= 0.6 is 0 Å². The zero-order valence-corrected chi connectivity index (χ0v) is 10.6. The molecule has 0 saturated carbocycles. The first kappa shape index (κ1) is 13.0. The van der Waals surface area contributed by atoms with Crippen molar-refractivity contribution < 1.29 is 9.47 Å². The number of hydrogen-bond donors (Lipinski definition) is 0. The van der Waals surface area contributed by atoms with Crippen molar-refractivity contribution in [3.8, 4) is 6.07 Å². The minimum Gasteiger partial charge on any atom is -0.380 e. The molecule has 0 bridgehead atoms. The van der Waals surface area contributed by atoms with E-state index in [1.807, 2.05) is 24.3 Å². The fourth-order valence-electron chi connectivity index (χ4n) is 2.27. The molecule has 1 saturated heterocycles. The van der Waals surface area contributed by atoms with Crippen LogP contribution in [0.1, 0.15) is 17.2 Å². The lowest BCUT2D eigenvalue weighted by Crippen LogP contribution is -2.38. The lowest BCUT2D eigenvalue weighted by molar-refractivity contribution is 0.0262. The van der Waals surface area contributed by atoms with E-state index in [-0.39, 0.29) is 6.04 Å². The molecular formula is C14H18N2O2. The molecule has 1 fully saturated rings. The Kier molecular flexibility index (Phi) is 4.71. The third-order valence-electron chi connectivity index (χ3n) is 3.18. The van der Waals surface area contributed by atoms with Gasteiger partial charge >= 0.3 is 0 Å². The summed E-state index contributed by atoms with van der Waals surface area (Å²) in [4.78, 5) is 2.16. The number of morpholine rings is 1. The van der Waals surface area contributed by atoms with E-state index < -0.39 is 0 Å². The summed E-state index contributed by atoms with van der Waals surface area (Å²) in [6, 6.07) is 10.2. The smallest absolute Gasteiger partial charge is 0.124 e. The van der Waals surface area contributed by atoms with E-state index in [0.717, 1.165) is 24.2 Å². The topological polar surface area (TPSA) is 45.5 Å². The lowest BCUT2D eigenvalue weighted by atomic mass is 10.00. The van der Waals surface area contributed by atoms with Gasteiger partial charge in [0.15, 0.2) is 0 Å². The van der Waals surface area contributed by atoms with Crippen molar-refractivity contribution in [3.05, 3.63) is 35.4 Å². The van der Waals surface area contributed by atoms with E-state index >= 15 is 0 Å². The predicted molar refractivity (Wildman–Crippen MR) is 67.9 cm³/mol. The number of rotatable bonds is 4. The summed E-state index contributed by atoms with van der Waals surface area (Å²) in [5, 5.41) is 9.45. The summed E-state index contributed by atoms with van der Waals surface area (Å²) in [6.45, 7) is 3.55. The van der Waals surface area contributed by atoms with Gasteiger partial charge in [0.1, 0.15) is 6.04 Å². The predicted octanol–water partition coefficient (Wildman–Crippen LogP) is 1.73. The van der Waals surface area contributed by atoms with Gasteiger partial charge in [0.2, 0.25) is 0 Å². The van der Waals surface area contributed by atoms with Crippen LogP contribution in [0.3, 0.4) is 0 Å². The standard InChI is InChI=1S/C14H18N2O2/c1-17-11-12-4-2-3-5-13(12)14(10-15)16-6-8-18-9-7-16/h2-5,14H,6-9,11H2,1H3. The molecule has 0 aliphatic carbocycles. The van der Waals surface area contributed by atoms with Crippen LogP contribution in [-0.2, 0) is 16.1 Å². The fraction of sp³-hybridized carbons (Fsp3) is 0.500. The Hall–Kier alpha value is -1.41. The molecule has 1 aromatic carbocycles. The Balaban J connectivity index is 2.23. The summed E-state index contributed by atoms with van der Waals surface area (Å²) < 4.78 is 10.5. The van der Waals surface area contributed by atoms with Gasteiger partial charge in [-0.2, -0.15) is 5.26 Å². The largest absolute Gasteiger partial charge is 0.380 e. The summed E-state index contributed by atoms with van der Waals surface area (Å²) in [5.41, 5.74) is 2.13. The maximum absolute atomic E-state index is 9.45. The van der Waals surface area contributed by atoms with Crippen LogP contribution in [0.2, 0.25) is 0 Å². The normalized spacial score (nSPS) is 18.2. The number of ether oxygens (including phenoxy) is 2. The van der Waals surface area contributed by atoms with Crippen LogP contribution in [0.5, 0.6) is 0 Å². The van der Waals surface area contributed by atoms with Gasteiger partial charge in [-0.1, -0.05) is 24.3 Å². The Morgan fingerprint density at radius 1 is 1.39 bits per heavy atom. The SMILES string of the molecule is COCc1ccccc1C(C#N)N1CCOCC1. The van der Waals surface area contributed by atoms with Gasteiger partial charge in [0, 0.05) is 20.2 Å². The molecule has 1 aliphatic rings. The first-order valence-electron chi connectivity index (χ1n) is 6.15. The van der Waals surface area contributed by atoms with E-state index in [4.69, 9.17) is 9.47 Å². The van der Waals surface area contributed by atoms with Crippen LogP contribution in [0.25, 0.3) is 0 Å². The average Bonchev–Trinajstić information content (AvgIpc) is 2.43. The van der Waals surface area contributed by atoms with E-state index in [9.17, 15) is 5.26 Å². The monoisotopic (exact) mass is 246 g/mol. The Morgan fingerprint density at radius 2 is 2.11 bits per heavy atom. The quantitative estimate of drug-likeness (QED) is 0.811. The highest BCUT2D eigenvalue weighted by atomic mass is 16.5. The second kappa shape index (κ2) is 6.50. The molecule has 96 valence electrons. The third-order valence-corrected chi connectivity index (χ3v) is 3.18. The zero-order chi connectivity index (χ0) is 12.8. The third kappa shape index (κ3) is 2.88. The summed E-state index contributed by atoms with van der Waals surface area (Å²) in [5.74, 6) is 0. The van der Waals surface area contributed by atoms with Gasteiger partial charge in [-0.3, -0.25) is 4.90 Å². The summed E-state index contributed by atoms with van der Waals surface area (Å²) >= 11 is 0. The van der Waals surface area contributed by atoms with Crippen LogP contribution < -0.4 is 0 Å². The second-order valence-electron chi connectivity index (χ2n) is 4.31. The number of benzene rings is 1. The van der Waals surface area contributed by atoms with Crippen LogP contribution in [0.4, 0.5) is 0 Å². The minimum absolute atomic E-state index is 0.208. The van der Waals surface area contributed by atoms with Crippen LogP contribution in [-0.4, -0.2) is 38.3 Å². The fourth-order valence-corrected chi connectivity index (χ4v) is 2.27. The molecular weight excluding hydrogens is 228 g/mol. The minimum atomic E-state index is -0.208. The van der Waals surface area contributed by atoms with E-state index in [0.29, 0.717) is 19.8 Å². The van der Waals surface area contributed by atoms with Crippen molar-refractivity contribution in [1.82, 2.24) is 4.90 Å². The molecule has 1 heterocycles. The zero-order valence-electron chi connectivity index (χ0n) is 10.6. The second-order valence-corrected chi connectivity index (χ2v) is 4.31. The molecule has 0 N–H and O–H groups in total. The first-order chi connectivity index (χ1) is 8.86. The van der Waals surface area contributed by atoms with Gasteiger partial charge < -0.3 is 9.47 Å². The summed E-state index contributed by atoms with van der Waals surface area (Å²) in [6.07, 6.45) is 0. The van der Waals surface area contributed by atoms with Crippen molar-refractivity contribution >= 4 is 0 Å². The molecule has 0 spiro atoms. The van der Waals surface area contributed by atoms with Crippen molar-refractivity contribution in [2.24, 2.45) is 0 Å². The molecule has 1 unspecified atom stereocenters. The van der Waals surface area contributed by atoms with Gasteiger partial charge in [-0.25, -0.2) is 0 Å². The van der Waals surface area contributed by atoms with E-state index in [1.165, 1.54) is 0 Å². The number of hydrogen-bond acceptors (Lipinski definition) is 4. The highest BCUT2D eigenvalue weighted by Crippen LogP contribution is 2.24. The number of nitriles is 1. The van der Waals surface area contributed by atoms with Crippen LogP contribution in [0.15, 0.2) is 24.3 Å². The maximum atomic E-state index is 9.45. The van der Waals surface area contributed by atoms with Crippen molar-refractivity contribution in [3.63, 3.8) is 0 Å². The lowest BCUT2D eigenvalue weighted by Gasteiger charge is -2.31. The molecule has 0 radical (unpaired) electrons. The van der Waals surface area contributed by atoms with E-state index in [2.05, 4.69) is 11.0 Å². The molecule has 2 rings (SSSR count). The molecule has 4 nitrogen and oxygen atoms in total. The van der Waals surface area contributed by atoms with Gasteiger partial charge in [-0.15, -0.1) is 0 Å². The molecule has 0 aromatic heterocycles. The van der Waals surface area contributed by atoms with Gasteiger partial charge in [0.25, 0.3) is 0 Å². The molecule has 4 heteroatoms. The molecule has 1 aromatic rings. The summed E-state index contributed by atoms with van der Waals surface area (Å²) in [7, 11) is 1.67. The first-order valence-corrected chi connectivity index (χ1v) is 6.15. The Bertz CT molecular complexity index is 422. The van der Waals surface area contributed by atoms with Crippen molar-refractivity contribution in [2.45, 2.75) is 12.6 Å². The molecule has 18 heavy (non-hydrogen) atoms. The number of methoxy groups -OCH3 is 1. The Morgan fingerprint density at radius 3 is 2.78 bits per heavy atom. The highest BCUT2D eigenvalue weighted by molar-refractivity contribution is 5.33. The Labute approximate surface area is 108 Å². The number of nitrogens with zero attached hydrogens (tertiary/aromatic N) is 2. The average molecular weight is 246 g/mol. The molecule has 1 aliphatic heterocycles.